The predicted octanol–water partition coefficient (Wildman–Crippen LogP) is 2.32. The molecule has 0 saturated heterocycles. The van der Waals surface area contributed by atoms with Gasteiger partial charge < -0.3 is 10.1 Å². The van der Waals surface area contributed by atoms with Crippen LogP contribution in [0.3, 0.4) is 0 Å². The summed E-state index contributed by atoms with van der Waals surface area (Å²) in [6, 6.07) is 3.96. The molecule has 1 aromatic heterocycles. The monoisotopic (exact) mass is 350 g/mol. The van der Waals surface area contributed by atoms with E-state index >= 15 is 0 Å². The van der Waals surface area contributed by atoms with E-state index < -0.39 is 41.6 Å². The minimum Gasteiger partial charge on any atom is -0.481 e. The number of aromatic nitrogens is 1. The van der Waals surface area contributed by atoms with E-state index in [9.17, 15) is 22.8 Å². The Balaban J connectivity index is 1.75. The highest BCUT2D eigenvalue weighted by molar-refractivity contribution is 5.93. The number of Topliss-reactive ketones (excluding diaryl/α,β-unsaturated/α-hetero) is 1. The van der Waals surface area contributed by atoms with E-state index in [2.05, 4.69) is 10.3 Å². The van der Waals surface area contributed by atoms with Crippen LogP contribution in [-0.2, 0) is 17.8 Å². The quantitative estimate of drug-likeness (QED) is 0.923. The second-order valence-corrected chi connectivity index (χ2v) is 5.58. The molecule has 2 heterocycles. The number of fused-ring (bicyclic) bond motifs is 1. The maximum absolute atomic E-state index is 13.6. The molecule has 0 saturated carbocycles. The summed E-state index contributed by atoms with van der Waals surface area (Å²) in [5.41, 5.74) is -0.150. The molecule has 1 N–H and O–H groups in total. The summed E-state index contributed by atoms with van der Waals surface area (Å²) in [4.78, 5) is 27.9. The Morgan fingerprint density at radius 2 is 1.96 bits per heavy atom. The van der Waals surface area contributed by atoms with E-state index in [1.165, 1.54) is 12.1 Å². The first-order valence-corrected chi connectivity index (χ1v) is 7.46. The molecule has 1 aromatic carbocycles. The van der Waals surface area contributed by atoms with E-state index in [4.69, 9.17) is 4.74 Å². The van der Waals surface area contributed by atoms with Crippen molar-refractivity contribution >= 4 is 11.7 Å². The van der Waals surface area contributed by atoms with Gasteiger partial charge in [0.1, 0.15) is 28.9 Å². The van der Waals surface area contributed by atoms with Crippen molar-refractivity contribution in [3.05, 3.63) is 58.7 Å². The number of pyridine rings is 1. The molecule has 1 atom stereocenters. The number of halogens is 3. The van der Waals surface area contributed by atoms with Gasteiger partial charge in [0.05, 0.1) is 12.1 Å². The predicted molar refractivity (Wildman–Crippen MR) is 80.5 cm³/mol. The molecule has 0 radical (unpaired) electrons. The largest absolute Gasteiger partial charge is 0.481 e. The molecular formula is C17H13F3N2O3. The van der Waals surface area contributed by atoms with Crippen molar-refractivity contribution in [1.82, 2.24) is 10.3 Å². The lowest BCUT2D eigenvalue weighted by molar-refractivity contribution is -0.125. The van der Waals surface area contributed by atoms with Crippen LogP contribution in [0, 0.1) is 17.5 Å². The lowest BCUT2D eigenvalue weighted by atomic mass is 10.1. The third-order valence-electron chi connectivity index (χ3n) is 3.80. The third-order valence-corrected chi connectivity index (χ3v) is 3.80. The first-order chi connectivity index (χ1) is 11.8. The molecule has 0 bridgehead atoms. The number of ether oxygens (including phenoxy) is 1. The van der Waals surface area contributed by atoms with Gasteiger partial charge in [-0.05, 0) is 19.1 Å². The highest BCUT2D eigenvalue weighted by Gasteiger charge is 2.26. The highest BCUT2D eigenvalue weighted by Crippen LogP contribution is 2.24. The van der Waals surface area contributed by atoms with E-state index in [-0.39, 0.29) is 17.9 Å². The molecule has 0 spiro atoms. The first-order valence-electron chi connectivity index (χ1n) is 7.46. The normalized spacial score (nSPS) is 16.2. The standard InChI is InChI=1S/C17H13F3N2O3/c1-8-15(23)6-14-16(25-8)3-2-13(22-14)17(24)21-7-10-11(19)4-9(18)5-12(10)20/h2-5,8H,6-7H2,1H3,(H,21,24). The van der Waals surface area contributed by atoms with Crippen LogP contribution in [0.15, 0.2) is 24.3 Å². The molecule has 2 aromatic rings. The molecule has 1 amide bonds. The Labute approximate surface area is 140 Å². The molecule has 8 heteroatoms. The summed E-state index contributed by atoms with van der Waals surface area (Å²) in [7, 11) is 0. The Bertz CT molecular complexity index is 847. The average Bonchev–Trinajstić information content (AvgIpc) is 2.54. The van der Waals surface area contributed by atoms with Crippen molar-refractivity contribution in [2.45, 2.75) is 26.0 Å². The van der Waals surface area contributed by atoms with E-state index in [0.717, 1.165) is 0 Å². The lowest BCUT2D eigenvalue weighted by Gasteiger charge is -2.21. The molecule has 5 nitrogen and oxygen atoms in total. The van der Waals surface area contributed by atoms with E-state index in [1.807, 2.05) is 0 Å². The van der Waals surface area contributed by atoms with Gasteiger partial charge in [-0.1, -0.05) is 0 Å². The molecule has 1 aliphatic heterocycles. The van der Waals surface area contributed by atoms with Crippen LogP contribution in [-0.4, -0.2) is 22.8 Å². The van der Waals surface area contributed by atoms with Gasteiger partial charge in [-0.2, -0.15) is 0 Å². The SMILES string of the molecule is CC1Oc2ccc(C(=O)NCc3c(F)cc(F)cc3F)nc2CC1=O. The van der Waals surface area contributed by atoms with E-state index in [0.29, 0.717) is 23.6 Å². The number of nitrogens with one attached hydrogen (secondary N) is 1. The van der Waals surface area contributed by atoms with Crippen molar-refractivity contribution < 1.29 is 27.5 Å². The number of ketones is 1. The molecule has 0 fully saturated rings. The third kappa shape index (κ3) is 3.47. The first kappa shape index (κ1) is 16.9. The Hall–Kier alpha value is -2.90. The van der Waals surface area contributed by atoms with Gasteiger partial charge in [0, 0.05) is 24.2 Å². The van der Waals surface area contributed by atoms with Crippen LogP contribution in [0.1, 0.15) is 28.7 Å². The molecule has 0 aliphatic carbocycles. The van der Waals surface area contributed by atoms with Crippen LogP contribution in [0.5, 0.6) is 5.75 Å². The smallest absolute Gasteiger partial charge is 0.270 e. The summed E-state index contributed by atoms with van der Waals surface area (Å²) in [6.45, 7) is 1.15. The van der Waals surface area contributed by atoms with Crippen molar-refractivity contribution in [2.75, 3.05) is 0 Å². The van der Waals surface area contributed by atoms with Crippen LogP contribution >= 0.6 is 0 Å². The molecule has 1 aliphatic rings. The fraction of sp³-hybridized carbons (Fsp3) is 0.235. The number of carbonyl (C=O) groups excluding carboxylic acids is 2. The van der Waals surface area contributed by atoms with Gasteiger partial charge in [0.2, 0.25) is 0 Å². The zero-order valence-electron chi connectivity index (χ0n) is 13.1. The second-order valence-electron chi connectivity index (χ2n) is 5.58. The van der Waals surface area contributed by atoms with Crippen LogP contribution in [0.25, 0.3) is 0 Å². The Morgan fingerprint density at radius 1 is 1.28 bits per heavy atom. The average molecular weight is 350 g/mol. The second kappa shape index (κ2) is 6.54. The molecule has 130 valence electrons. The topological polar surface area (TPSA) is 68.3 Å². The van der Waals surface area contributed by atoms with Crippen LogP contribution < -0.4 is 10.1 Å². The number of hydrogen-bond acceptors (Lipinski definition) is 4. The van der Waals surface area contributed by atoms with Gasteiger partial charge in [-0.15, -0.1) is 0 Å². The van der Waals surface area contributed by atoms with Gasteiger partial charge in [0.25, 0.3) is 5.91 Å². The van der Waals surface area contributed by atoms with Crippen molar-refractivity contribution in [2.24, 2.45) is 0 Å². The minimum absolute atomic E-state index is 0.0207. The van der Waals surface area contributed by atoms with Crippen molar-refractivity contribution in [1.29, 1.82) is 0 Å². The minimum atomic E-state index is -1.09. The van der Waals surface area contributed by atoms with Crippen molar-refractivity contribution in [3.8, 4) is 5.75 Å². The zero-order chi connectivity index (χ0) is 18.1. The van der Waals surface area contributed by atoms with Gasteiger partial charge in [-0.3, -0.25) is 9.59 Å². The number of rotatable bonds is 3. The Kier molecular flexibility index (Phi) is 4.43. The van der Waals surface area contributed by atoms with E-state index in [1.54, 1.807) is 6.92 Å². The van der Waals surface area contributed by atoms with Gasteiger partial charge in [-0.25, -0.2) is 18.2 Å². The number of carbonyl (C=O) groups is 2. The van der Waals surface area contributed by atoms with Crippen molar-refractivity contribution in [3.63, 3.8) is 0 Å². The summed E-state index contributed by atoms with van der Waals surface area (Å²) in [5, 5.41) is 2.31. The molecule has 3 rings (SSSR count). The molecular weight excluding hydrogens is 337 g/mol. The summed E-state index contributed by atoms with van der Waals surface area (Å²) >= 11 is 0. The van der Waals surface area contributed by atoms with Crippen LogP contribution in [0.2, 0.25) is 0 Å². The molecule has 1 unspecified atom stereocenters. The summed E-state index contributed by atoms with van der Waals surface area (Å²) in [6.07, 6.45) is -0.530. The lowest BCUT2D eigenvalue weighted by Crippen LogP contribution is -2.32. The Morgan fingerprint density at radius 3 is 2.64 bits per heavy atom. The number of benzene rings is 1. The number of nitrogens with zero attached hydrogens (tertiary/aromatic N) is 1. The fourth-order valence-electron chi connectivity index (χ4n) is 2.41. The zero-order valence-corrected chi connectivity index (χ0v) is 13.1. The maximum atomic E-state index is 13.6. The van der Waals surface area contributed by atoms with Gasteiger partial charge in [0.15, 0.2) is 11.9 Å². The summed E-state index contributed by atoms with van der Waals surface area (Å²) in [5.74, 6) is -3.65. The van der Waals surface area contributed by atoms with Crippen LogP contribution in [0.4, 0.5) is 13.2 Å². The summed E-state index contributed by atoms with van der Waals surface area (Å²) < 4.78 is 45.4. The highest BCUT2D eigenvalue weighted by atomic mass is 19.1. The number of amides is 1. The van der Waals surface area contributed by atoms with Gasteiger partial charge >= 0.3 is 0 Å². The fourth-order valence-corrected chi connectivity index (χ4v) is 2.41. The molecule has 25 heavy (non-hydrogen) atoms. The number of hydrogen-bond donors (Lipinski definition) is 1. The maximum Gasteiger partial charge on any atom is 0.270 e.